The van der Waals surface area contributed by atoms with E-state index in [4.69, 9.17) is 5.73 Å². The molecule has 0 radical (unpaired) electrons. The van der Waals surface area contributed by atoms with E-state index in [1.54, 1.807) is 11.8 Å². The molecule has 0 atom stereocenters. The summed E-state index contributed by atoms with van der Waals surface area (Å²) in [6, 6.07) is 6.21. The van der Waals surface area contributed by atoms with Gasteiger partial charge in [-0.2, -0.15) is 0 Å². The van der Waals surface area contributed by atoms with Crippen LogP contribution in [0.15, 0.2) is 23.1 Å². The van der Waals surface area contributed by atoms with E-state index in [1.165, 1.54) is 12.8 Å². The molecule has 0 bridgehead atoms. The Hall–Kier alpha value is -1.16. The third-order valence-electron chi connectivity index (χ3n) is 3.28. The minimum atomic E-state index is 0.142. The largest absolute Gasteiger partial charge is 0.399 e. The van der Waals surface area contributed by atoms with E-state index < -0.39 is 0 Å². The van der Waals surface area contributed by atoms with Gasteiger partial charge in [-0.15, -0.1) is 11.8 Å². The number of carbonyl (C=O) groups excluding carboxylic acids is 1. The van der Waals surface area contributed by atoms with Gasteiger partial charge in [-0.1, -0.05) is 12.8 Å². The Morgan fingerprint density at radius 2 is 2.17 bits per heavy atom. The third-order valence-corrected chi connectivity index (χ3v) is 4.45. The molecule has 18 heavy (non-hydrogen) atoms. The quantitative estimate of drug-likeness (QED) is 0.649. The lowest BCUT2D eigenvalue weighted by atomic mass is 10.2. The summed E-state index contributed by atoms with van der Waals surface area (Å²) in [5, 5.41) is 3.10. The van der Waals surface area contributed by atoms with Gasteiger partial charge < -0.3 is 11.1 Å². The molecule has 1 aliphatic rings. The zero-order chi connectivity index (χ0) is 13.0. The van der Waals surface area contributed by atoms with Gasteiger partial charge in [0.05, 0.1) is 5.75 Å². The lowest BCUT2D eigenvalue weighted by Gasteiger charge is -2.12. The highest BCUT2D eigenvalue weighted by Crippen LogP contribution is 2.24. The van der Waals surface area contributed by atoms with Crippen LogP contribution in [0, 0.1) is 6.92 Å². The lowest BCUT2D eigenvalue weighted by molar-refractivity contribution is -0.119. The molecular weight excluding hydrogens is 244 g/mol. The molecule has 0 aromatic heterocycles. The van der Waals surface area contributed by atoms with Crippen LogP contribution < -0.4 is 11.1 Å². The van der Waals surface area contributed by atoms with Gasteiger partial charge in [0, 0.05) is 16.6 Å². The number of aryl methyl sites for hydroxylation is 1. The predicted octanol–water partition coefficient (Wildman–Crippen LogP) is 2.73. The summed E-state index contributed by atoms with van der Waals surface area (Å²) in [5.74, 6) is 0.629. The van der Waals surface area contributed by atoms with Crippen LogP contribution in [0.5, 0.6) is 0 Å². The average molecular weight is 264 g/mol. The molecule has 2 rings (SSSR count). The number of amides is 1. The second-order valence-corrected chi connectivity index (χ2v) is 5.88. The van der Waals surface area contributed by atoms with Gasteiger partial charge in [0.2, 0.25) is 5.91 Å². The summed E-state index contributed by atoms with van der Waals surface area (Å²) in [7, 11) is 0. The Morgan fingerprint density at radius 1 is 1.44 bits per heavy atom. The number of nitrogen functional groups attached to an aromatic ring is 1. The topological polar surface area (TPSA) is 55.1 Å². The maximum Gasteiger partial charge on any atom is 0.230 e. The smallest absolute Gasteiger partial charge is 0.230 e. The van der Waals surface area contributed by atoms with Crippen LogP contribution in [0.1, 0.15) is 31.2 Å². The van der Waals surface area contributed by atoms with Crippen LogP contribution in [-0.2, 0) is 4.79 Å². The number of hydrogen-bond donors (Lipinski definition) is 2. The van der Waals surface area contributed by atoms with Crippen molar-refractivity contribution in [3.63, 3.8) is 0 Å². The Bertz CT molecular complexity index is 428. The molecule has 0 saturated heterocycles. The third kappa shape index (κ3) is 3.67. The van der Waals surface area contributed by atoms with Crippen molar-refractivity contribution in [2.45, 2.75) is 43.5 Å². The fourth-order valence-corrected chi connectivity index (χ4v) is 3.14. The first-order chi connectivity index (χ1) is 8.65. The summed E-state index contributed by atoms with van der Waals surface area (Å²) in [4.78, 5) is 12.9. The normalized spacial score (nSPS) is 15.8. The molecule has 0 heterocycles. The Balaban J connectivity index is 1.81. The molecule has 1 aromatic rings. The predicted molar refractivity (Wildman–Crippen MR) is 76.7 cm³/mol. The standard InChI is InChI=1S/C14H20N2OS/c1-10-8-11(15)6-7-13(10)18-9-14(17)16-12-4-2-3-5-12/h6-8,12H,2-5,9,15H2,1H3,(H,16,17). The maximum atomic E-state index is 11.8. The number of rotatable bonds is 4. The SMILES string of the molecule is Cc1cc(N)ccc1SCC(=O)NC1CCCC1. The van der Waals surface area contributed by atoms with Crippen molar-refractivity contribution in [3.8, 4) is 0 Å². The first kappa shape index (κ1) is 13.3. The highest BCUT2D eigenvalue weighted by molar-refractivity contribution is 8.00. The summed E-state index contributed by atoms with van der Waals surface area (Å²) >= 11 is 1.58. The zero-order valence-electron chi connectivity index (χ0n) is 10.7. The number of carbonyl (C=O) groups is 1. The first-order valence-corrected chi connectivity index (χ1v) is 7.42. The molecule has 4 heteroatoms. The van der Waals surface area contributed by atoms with Gasteiger partial charge in [0.1, 0.15) is 0 Å². The molecule has 1 aromatic carbocycles. The Kier molecular flexibility index (Phi) is 4.53. The van der Waals surface area contributed by atoms with Gasteiger partial charge in [-0.05, 0) is 43.5 Å². The van der Waals surface area contributed by atoms with Crippen molar-refractivity contribution < 1.29 is 4.79 Å². The van der Waals surface area contributed by atoms with Gasteiger partial charge in [0.15, 0.2) is 0 Å². The van der Waals surface area contributed by atoms with E-state index in [1.807, 2.05) is 25.1 Å². The van der Waals surface area contributed by atoms with E-state index >= 15 is 0 Å². The minimum Gasteiger partial charge on any atom is -0.399 e. The molecule has 0 aliphatic heterocycles. The fourth-order valence-electron chi connectivity index (χ4n) is 2.32. The van der Waals surface area contributed by atoms with Crippen molar-refractivity contribution >= 4 is 23.4 Å². The van der Waals surface area contributed by atoms with Crippen molar-refractivity contribution in [1.82, 2.24) is 5.32 Å². The summed E-state index contributed by atoms with van der Waals surface area (Å²) in [6.07, 6.45) is 4.76. The lowest BCUT2D eigenvalue weighted by Crippen LogP contribution is -2.33. The van der Waals surface area contributed by atoms with Gasteiger partial charge >= 0.3 is 0 Å². The van der Waals surface area contributed by atoms with Crippen LogP contribution in [-0.4, -0.2) is 17.7 Å². The highest BCUT2D eigenvalue weighted by Gasteiger charge is 2.17. The van der Waals surface area contributed by atoms with Gasteiger partial charge in [0.25, 0.3) is 0 Å². The second kappa shape index (κ2) is 6.14. The first-order valence-electron chi connectivity index (χ1n) is 6.43. The molecule has 1 saturated carbocycles. The van der Waals surface area contributed by atoms with Crippen molar-refractivity contribution in [1.29, 1.82) is 0 Å². The van der Waals surface area contributed by atoms with Gasteiger partial charge in [-0.25, -0.2) is 0 Å². The molecule has 0 spiro atoms. The number of nitrogens with one attached hydrogen (secondary N) is 1. The zero-order valence-corrected chi connectivity index (χ0v) is 11.6. The molecule has 3 N–H and O–H groups in total. The van der Waals surface area contributed by atoms with E-state index in [-0.39, 0.29) is 5.91 Å². The van der Waals surface area contributed by atoms with Crippen molar-refractivity contribution in [2.75, 3.05) is 11.5 Å². The molecule has 3 nitrogen and oxygen atoms in total. The molecule has 0 unspecified atom stereocenters. The monoisotopic (exact) mass is 264 g/mol. The maximum absolute atomic E-state index is 11.8. The Morgan fingerprint density at radius 3 is 2.83 bits per heavy atom. The number of anilines is 1. The van der Waals surface area contributed by atoms with Crippen LogP contribution in [0.4, 0.5) is 5.69 Å². The number of hydrogen-bond acceptors (Lipinski definition) is 3. The van der Waals surface area contributed by atoms with Crippen LogP contribution in [0.25, 0.3) is 0 Å². The summed E-state index contributed by atoms with van der Waals surface area (Å²) < 4.78 is 0. The van der Waals surface area contributed by atoms with Crippen molar-refractivity contribution in [2.24, 2.45) is 0 Å². The van der Waals surface area contributed by atoms with Crippen LogP contribution in [0.3, 0.4) is 0 Å². The highest BCUT2D eigenvalue weighted by atomic mass is 32.2. The molecular formula is C14H20N2OS. The average Bonchev–Trinajstić information content (AvgIpc) is 2.80. The fraction of sp³-hybridized carbons (Fsp3) is 0.500. The van der Waals surface area contributed by atoms with E-state index in [2.05, 4.69) is 5.32 Å². The molecule has 98 valence electrons. The second-order valence-electron chi connectivity index (χ2n) is 4.86. The summed E-state index contributed by atoms with van der Waals surface area (Å²) in [5.41, 5.74) is 7.61. The van der Waals surface area contributed by atoms with Crippen LogP contribution in [0.2, 0.25) is 0 Å². The number of benzene rings is 1. The molecule has 1 fully saturated rings. The Labute approximate surface area is 113 Å². The molecule has 1 aliphatic carbocycles. The number of thioether (sulfide) groups is 1. The summed E-state index contributed by atoms with van der Waals surface area (Å²) in [6.45, 7) is 2.02. The minimum absolute atomic E-state index is 0.142. The van der Waals surface area contributed by atoms with E-state index in [0.717, 1.165) is 29.0 Å². The number of nitrogens with two attached hydrogens (primary N) is 1. The van der Waals surface area contributed by atoms with E-state index in [9.17, 15) is 4.79 Å². The van der Waals surface area contributed by atoms with Crippen LogP contribution >= 0.6 is 11.8 Å². The van der Waals surface area contributed by atoms with Crippen molar-refractivity contribution in [3.05, 3.63) is 23.8 Å². The van der Waals surface area contributed by atoms with E-state index in [0.29, 0.717) is 11.8 Å². The van der Waals surface area contributed by atoms with Gasteiger partial charge in [-0.3, -0.25) is 4.79 Å². The molecule has 1 amide bonds.